The molecule has 1 fully saturated rings. The number of piperazine rings is 1. The third-order valence-electron chi connectivity index (χ3n) is 3.23. The zero-order chi connectivity index (χ0) is 15.6. The Balaban J connectivity index is 2.44. The number of hydrogen-bond acceptors (Lipinski definition) is 4. The summed E-state index contributed by atoms with van der Waals surface area (Å²) in [5.74, 6) is -2.09. The van der Waals surface area contributed by atoms with E-state index >= 15 is 0 Å². The molecular formula is C13H14BrN3O4. The summed E-state index contributed by atoms with van der Waals surface area (Å²) >= 11 is 3.26. The van der Waals surface area contributed by atoms with Gasteiger partial charge in [-0.1, -0.05) is 15.9 Å². The van der Waals surface area contributed by atoms with Crippen molar-refractivity contribution < 1.29 is 19.5 Å². The van der Waals surface area contributed by atoms with E-state index in [0.717, 1.165) is 0 Å². The van der Waals surface area contributed by atoms with Crippen LogP contribution in [-0.4, -0.2) is 42.0 Å². The predicted octanol–water partition coefficient (Wildman–Crippen LogP) is 0.327. The molecule has 7 nitrogen and oxygen atoms in total. The SMILES string of the molecule is NC(=O)c1cc(Br)ccc1N1CCNC(=O)C1CC(=O)O. The Labute approximate surface area is 129 Å². The van der Waals surface area contributed by atoms with Gasteiger partial charge in [0.1, 0.15) is 6.04 Å². The van der Waals surface area contributed by atoms with Crippen molar-refractivity contribution >= 4 is 39.4 Å². The highest BCUT2D eigenvalue weighted by atomic mass is 79.9. The van der Waals surface area contributed by atoms with Crippen LogP contribution in [0.15, 0.2) is 22.7 Å². The van der Waals surface area contributed by atoms with Gasteiger partial charge in [0, 0.05) is 17.6 Å². The molecule has 0 spiro atoms. The van der Waals surface area contributed by atoms with Gasteiger partial charge in [0.2, 0.25) is 5.91 Å². The molecule has 0 saturated carbocycles. The van der Waals surface area contributed by atoms with Gasteiger partial charge in [-0.3, -0.25) is 14.4 Å². The Hall–Kier alpha value is -2.09. The van der Waals surface area contributed by atoms with Gasteiger partial charge in [-0.25, -0.2) is 0 Å². The number of carboxylic acid groups (broad SMARTS) is 1. The van der Waals surface area contributed by atoms with Crippen LogP contribution in [0.25, 0.3) is 0 Å². The summed E-state index contributed by atoms with van der Waals surface area (Å²) in [6.07, 6.45) is -0.347. The van der Waals surface area contributed by atoms with Gasteiger partial charge in [-0.2, -0.15) is 0 Å². The van der Waals surface area contributed by atoms with Crippen molar-refractivity contribution in [3.63, 3.8) is 0 Å². The average Bonchev–Trinajstić information content (AvgIpc) is 2.41. The summed E-state index contributed by atoms with van der Waals surface area (Å²) in [7, 11) is 0. The number of rotatable bonds is 4. The number of benzene rings is 1. The lowest BCUT2D eigenvalue weighted by molar-refractivity contribution is -0.139. The van der Waals surface area contributed by atoms with Crippen LogP contribution in [0, 0.1) is 0 Å². The minimum atomic E-state index is -1.08. The number of halogens is 1. The van der Waals surface area contributed by atoms with Crippen molar-refractivity contribution in [2.24, 2.45) is 5.73 Å². The highest BCUT2D eigenvalue weighted by molar-refractivity contribution is 9.10. The second kappa shape index (κ2) is 6.13. The van der Waals surface area contributed by atoms with Crippen LogP contribution >= 0.6 is 15.9 Å². The number of hydrogen-bond donors (Lipinski definition) is 3. The molecule has 1 unspecified atom stereocenters. The summed E-state index contributed by atoms with van der Waals surface area (Å²) in [6.45, 7) is 0.787. The molecule has 1 saturated heterocycles. The number of amides is 2. The zero-order valence-electron chi connectivity index (χ0n) is 11.0. The smallest absolute Gasteiger partial charge is 0.305 e. The van der Waals surface area contributed by atoms with Crippen LogP contribution in [0.1, 0.15) is 16.8 Å². The Kier molecular flexibility index (Phi) is 4.46. The maximum absolute atomic E-state index is 11.9. The molecule has 0 aromatic heterocycles. The first-order valence-electron chi connectivity index (χ1n) is 6.25. The summed E-state index contributed by atoms with van der Waals surface area (Å²) in [4.78, 5) is 36.1. The molecule has 1 aromatic carbocycles. The Morgan fingerprint density at radius 1 is 1.48 bits per heavy atom. The average molecular weight is 356 g/mol. The maximum Gasteiger partial charge on any atom is 0.305 e. The number of carbonyl (C=O) groups is 3. The van der Waals surface area contributed by atoms with Crippen molar-refractivity contribution in [2.45, 2.75) is 12.5 Å². The highest BCUT2D eigenvalue weighted by Gasteiger charge is 2.33. The standard InChI is InChI=1S/C13H14BrN3O4/c14-7-1-2-9(8(5-7)12(15)20)17-4-3-16-13(21)10(17)6-11(18)19/h1-2,5,10H,3-4,6H2,(H2,15,20)(H,16,21)(H,18,19). The first-order chi connectivity index (χ1) is 9.90. The normalized spacial score (nSPS) is 18.2. The van der Waals surface area contributed by atoms with Crippen molar-refractivity contribution in [3.05, 3.63) is 28.2 Å². The summed E-state index contributed by atoms with van der Waals surface area (Å²) in [5, 5.41) is 11.6. The first-order valence-corrected chi connectivity index (χ1v) is 7.05. The number of aliphatic carboxylic acids is 1. The molecule has 2 amide bonds. The van der Waals surface area contributed by atoms with Gasteiger partial charge in [0.15, 0.2) is 0 Å². The molecule has 0 radical (unpaired) electrons. The molecular weight excluding hydrogens is 342 g/mol. The maximum atomic E-state index is 11.9. The monoisotopic (exact) mass is 355 g/mol. The van der Waals surface area contributed by atoms with Crippen LogP contribution in [0.4, 0.5) is 5.69 Å². The molecule has 4 N–H and O–H groups in total. The van der Waals surface area contributed by atoms with Crippen molar-refractivity contribution in [1.29, 1.82) is 0 Å². The Morgan fingerprint density at radius 2 is 2.19 bits per heavy atom. The molecule has 0 bridgehead atoms. The van der Waals surface area contributed by atoms with Gasteiger partial charge in [-0.15, -0.1) is 0 Å². The number of carboxylic acids is 1. The molecule has 1 heterocycles. The quantitative estimate of drug-likeness (QED) is 0.720. The van der Waals surface area contributed by atoms with E-state index in [9.17, 15) is 14.4 Å². The lowest BCUT2D eigenvalue weighted by Gasteiger charge is -2.36. The van der Waals surface area contributed by atoms with E-state index in [1.54, 1.807) is 23.1 Å². The fourth-order valence-electron chi connectivity index (χ4n) is 2.33. The van der Waals surface area contributed by atoms with Gasteiger partial charge in [0.25, 0.3) is 5.91 Å². The number of anilines is 1. The number of nitrogens with zero attached hydrogens (tertiary/aromatic N) is 1. The van der Waals surface area contributed by atoms with Crippen LogP contribution in [0.5, 0.6) is 0 Å². The van der Waals surface area contributed by atoms with Gasteiger partial charge >= 0.3 is 5.97 Å². The van der Waals surface area contributed by atoms with Gasteiger partial charge in [-0.05, 0) is 18.2 Å². The largest absolute Gasteiger partial charge is 0.481 e. The topological polar surface area (TPSA) is 113 Å². The van der Waals surface area contributed by atoms with Crippen LogP contribution in [0.3, 0.4) is 0 Å². The number of nitrogens with two attached hydrogens (primary N) is 1. The highest BCUT2D eigenvalue weighted by Crippen LogP contribution is 2.27. The van der Waals surface area contributed by atoms with Crippen LogP contribution in [-0.2, 0) is 9.59 Å². The van der Waals surface area contributed by atoms with E-state index in [1.807, 2.05) is 0 Å². The summed E-state index contributed by atoms with van der Waals surface area (Å²) < 4.78 is 0.677. The molecule has 1 aromatic rings. The van der Waals surface area contributed by atoms with Crippen molar-refractivity contribution in [2.75, 3.05) is 18.0 Å². The van der Waals surface area contributed by atoms with Crippen LogP contribution < -0.4 is 16.0 Å². The second-order valence-corrected chi connectivity index (χ2v) is 5.54. The van der Waals surface area contributed by atoms with E-state index in [-0.39, 0.29) is 17.9 Å². The van der Waals surface area contributed by atoms with E-state index in [2.05, 4.69) is 21.2 Å². The predicted molar refractivity (Wildman–Crippen MR) is 79.1 cm³/mol. The lowest BCUT2D eigenvalue weighted by atomic mass is 10.0. The van der Waals surface area contributed by atoms with Gasteiger partial charge < -0.3 is 21.1 Å². The molecule has 1 aliphatic rings. The number of primary amides is 1. The minimum absolute atomic E-state index is 0.245. The number of nitrogens with one attached hydrogen (secondary N) is 1. The lowest BCUT2D eigenvalue weighted by Crippen LogP contribution is -2.56. The molecule has 1 atom stereocenters. The summed E-state index contributed by atoms with van der Waals surface area (Å²) in [6, 6.07) is 4.06. The van der Waals surface area contributed by atoms with Crippen molar-refractivity contribution in [1.82, 2.24) is 5.32 Å². The molecule has 0 aliphatic carbocycles. The molecule has 21 heavy (non-hydrogen) atoms. The van der Waals surface area contributed by atoms with Crippen molar-refractivity contribution in [3.8, 4) is 0 Å². The van der Waals surface area contributed by atoms with E-state index in [1.165, 1.54) is 0 Å². The van der Waals surface area contributed by atoms with Crippen LogP contribution in [0.2, 0.25) is 0 Å². The second-order valence-electron chi connectivity index (χ2n) is 4.62. The van der Waals surface area contributed by atoms with E-state index in [4.69, 9.17) is 10.8 Å². The van der Waals surface area contributed by atoms with Gasteiger partial charge in [0.05, 0.1) is 17.7 Å². The molecule has 2 rings (SSSR count). The Bertz CT molecular complexity index is 605. The number of carbonyl (C=O) groups excluding carboxylic acids is 2. The first kappa shape index (κ1) is 15.3. The van der Waals surface area contributed by atoms with E-state index < -0.39 is 17.9 Å². The minimum Gasteiger partial charge on any atom is -0.481 e. The molecule has 112 valence electrons. The molecule has 1 aliphatic heterocycles. The van der Waals surface area contributed by atoms with E-state index in [0.29, 0.717) is 23.2 Å². The third-order valence-corrected chi connectivity index (χ3v) is 3.73. The Morgan fingerprint density at radius 3 is 2.81 bits per heavy atom. The fourth-order valence-corrected chi connectivity index (χ4v) is 2.69. The third kappa shape index (κ3) is 3.33. The fraction of sp³-hybridized carbons (Fsp3) is 0.308. The molecule has 8 heteroatoms. The summed E-state index contributed by atoms with van der Waals surface area (Å²) in [5.41, 5.74) is 6.08. The zero-order valence-corrected chi connectivity index (χ0v) is 12.6.